The van der Waals surface area contributed by atoms with Gasteiger partial charge in [0.1, 0.15) is 0 Å². The van der Waals surface area contributed by atoms with E-state index in [0.29, 0.717) is 23.4 Å². The van der Waals surface area contributed by atoms with Crippen molar-refractivity contribution in [3.05, 3.63) is 0 Å². The highest BCUT2D eigenvalue weighted by Gasteiger charge is 2.45. The van der Waals surface area contributed by atoms with Gasteiger partial charge in [-0.1, -0.05) is 13.8 Å². The second-order valence-electron chi connectivity index (χ2n) is 3.98. The fourth-order valence-corrected chi connectivity index (χ4v) is 3.20. The minimum Gasteiger partial charge on any atom is -0.374 e. The van der Waals surface area contributed by atoms with Crippen LogP contribution in [0, 0.1) is 5.92 Å². The third-order valence-corrected chi connectivity index (χ3v) is 4.27. The number of fused-ring (bicyclic) bond motifs is 1. The molecule has 4 atom stereocenters. The maximum atomic E-state index is 5.75. The number of hydrogen-bond acceptors (Lipinski definition) is 3. The Labute approximate surface area is 84.4 Å². The number of thioether (sulfide) groups is 1. The van der Waals surface area contributed by atoms with E-state index in [-0.39, 0.29) is 0 Å². The van der Waals surface area contributed by atoms with Crippen molar-refractivity contribution in [2.24, 2.45) is 5.92 Å². The van der Waals surface area contributed by atoms with Crippen molar-refractivity contribution in [2.75, 3.05) is 19.0 Å². The minimum atomic E-state index is 0.381. The smallest absolute Gasteiger partial charge is 0.0980 e. The summed E-state index contributed by atoms with van der Waals surface area (Å²) in [5.41, 5.74) is 0. The van der Waals surface area contributed by atoms with Crippen LogP contribution >= 0.6 is 11.8 Å². The summed E-state index contributed by atoms with van der Waals surface area (Å²) >= 11 is 2.01. The van der Waals surface area contributed by atoms with Gasteiger partial charge in [0.15, 0.2) is 0 Å². The zero-order valence-electron chi connectivity index (χ0n) is 8.36. The molecule has 2 aliphatic rings. The molecule has 0 aliphatic carbocycles. The van der Waals surface area contributed by atoms with Gasteiger partial charge in [-0.15, -0.1) is 0 Å². The van der Waals surface area contributed by atoms with Crippen molar-refractivity contribution in [1.29, 1.82) is 0 Å². The van der Waals surface area contributed by atoms with Gasteiger partial charge in [0.2, 0.25) is 0 Å². The third-order valence-electron chi connectivity index (χ3n) is 2.79. The predicted octanol–water partition coefficient (Wildman–Crippen LogP) is 1.93. The van der Waals surface area contributed by atoms with Crippen LogP contribution in [0.15, 0.2) is 0 Å². The lowest BCUT2D eigenvalue weighted by Crippen LogP contribution is -2.26. The Morgan fingerprint density at radius 2 is 2.00 bits per heavy atom. The molecule has 76 valence electrons. The molecule has 0 bridgehead atoms. The topological polar surface area (TPSA) is 18.5 Å². The zero-order valence-corrected chi connectivity index (χ0v) is 9.18. The molecule has 0 aromatic carbocycles. The molecule has 0 N–H and O–H groups in total. The Morgan fingerprint density at radius 1 is 1.23 bits per heavy atom. The summed E-state index contributed by atoms with van der Waals surface area (Å²) in [6, 6.07) is 0. The first-order valence-electron chi connectivity index (χ1n) is 5.17. The van der Waals surface area contributed by atoms with E-state index in [1.807, 2.05) is 11.8 Å². The second-order valence-corrected chi connectivity index (χ2v) is 5.33. The Hall–Kier alpha value is 0.270. The van der Waals surface area contributed by atoms with Gasteiger partial charge >= 0.3 is 0 Å². The first kappa shape index (κ1) is 9.81. The van der Waals surface area contributed by atoms with E-state index in [0.717, 1.165) is 13.2 Å². The molecule has 2 aliphatic heterocycles. The van der Waals surface area contributed by atoms with Gasteiger partial charge in [-0.3, -0.25) is 0 Å². The molecule has 13 heavy (non-hydrogen) atoms. The van der Waals surface area contributed by atoms with Crippen LogP contribution in [-0.2, 0) is 9.47 Å². The van der Waals surface area contributed by atoms with Gasteiger partial charge in [0.05, 0.1) is 30.7 Å². The molecule has 0 saturated carbocycles. The molecule has 0 radical (unpaired) electrons. The molecule has 2 nitrogen and oxygen atoms in total. The maximum absolute atomic E-state index is 5.75. The zero-order chi connectivity index (χ0) is 9.26. The average Bonchev–Trinajstić information content (AvgIpc) is 2.67. The molecule has 2 heterocycles. The van der Waals surface area contributed by atoms with E-state index in [2.05, 4.69) is 13.8 Å². The second kappa shape index (κ2) is 4.20. The summed E-state index contributed by atoms with van der Waals surface area (Å²) in [5, 5.41) is 0.592. The molecule has 2 rings (SSSR count). The van der Waals surface area contributed by atoms with Crippen molar-refractivity contribution in [1.82, 2.24) is 0 Å². The highest BCUT2D eigenvalue weighted by Crippen LogP contribution is 2.36. The van der Waals surface area contributed by atoms with Crippen LogP contribution in [0.5, 0.6) is 0 Å². The van der Waals surface area contributed by atoms with Gasteiger partial charge in [-0.05, 0) is 12.2 Å². The van der Waals surface area contributed by atoms with Crippen molar-refractivity contribution in [3.8, 4) is 0 Å². The van der Waals surface area contributed by atoms with Crippen LogP contribution in [-0.4, -0.2) is 36.4 Å². The van der Waals surface area contributed by atoms with Gasteiger partial charge in [0.25, 0.3) is 0 Å². The normalized spacial score (nSPS) is 43.8. The largest absolute Gasteiger partial charge is 0.374 e. The van der Waals surface area contributed by atoms with Crippen LogP contribution in [0.1, 0.15) is 20.3 Å². The molecule has 3 heteroatoms. The van der Waals surface area contributed by atoms with Gasteiger partial charge in [0, 0.05) is 5.92 Å². The number of rotatable bonds is 3. The summed E-state index contributed by atoms with van der Waals surface area (Å²) in [6.45, 7) is 6.22. The van der Waals surface area contributed by atoms with Crippen LogP contribution in [0.3, 0.4) is 0 Å². The van der Waals surface area contributed by atoms with E-state index in [9.17, 15) is 0 Å². The average molecular weight is 202 g/mol. The van der Waals surface area contributed by atoms with E-state index in [1.165, 1.54) is 12.2 Å². The third kappa shape index (κ3) is 1.88. The fraction of sp³-hybridized carbons (Fsp3) is 1.00. The standard InChI is InChI=1S/C10H18O2S/c1-3-4-13-8-6-12-9-7(2)5-11-10(8)9/h7-10H,3-6H2,1-2H3. The lowest BCUT2D eigenvalue weighted by Gasteiger charge is -2.14. The van der Waals surface area contributed by atoms with Gasteiger partial charge in [-0.2, -0.15) is 11.8 Å². The SMILES string of the molecule is CCCSC1COC2C(C)COC12. The lowest BCUT2D eigenvalue weighted by molar-refractivity contribution is 0.0660. The van der Waals surface area contributed by atoms with Crippen LogP contribution < -0.4 is 0 Å². The van der Waals surface area contributed by atoms with E-state index < -0.39 is 0 Å². The number of hydrogen-bond donors (Lipinski definition) is 0. The Bertz CT molecular complexity index is 174. The molecule has 0 aromatic heterocycles. The molecule has 0 aromatic rings. The molecular weight excluding hydrogens is 184 g/mol. The summed E-state index contributed by atoms with van der Waals surface area (Å²) < 4.78 is 11.5. The van der Waals surface area contributed by atoms with Gasteiger partial charge < -0.3 is 9.47 Å². The first-order chi connectivity index (χ1) is 6.33. The highest BCUT2D eigenvalue weighted by atomic mass is 32.2. The summed E-state index contributed by atoms with van der Waals surface area (Å²) in [7, 11) is 0. The number of ether oxygens (including phenoxy) is 2. The van der Waals surface area contributed by atoms with Crippen LogP contribution in [0.4, 0.5) is 0 Å². The molecule has 2 saturated heterocycles. The molecule has 4 unspecified atom stereocenters. The van der Waals surface area contributed by atoms with E-state index >= 15 is 0 Å². The van der Waals surface area contributed by atoms with Crippen LogP contribution in [0.2, 0.25) is 0 Å². The van der Waals surface area contributed by atoms with Crippen molar-refractivity contribution >= 4 is 11.8 Å². The maximum Gasteiger partial charge on any atom is 0.0980 e. The summed E-state index contributed by atoms with van der Waals surface area (Å²) in [5.74, 6) is 1.83. The monoisotopic (exact) mass is 202 g/mol. The molecule has 0 spiro atoms. The highest BCUT2D eigenvalue weighted by molar-refractivity contribution is 8.00. The summed E-state index contributed by atoms with van der Waals surface area (Å²) in [4.78, 5) is 0. The van der Waals surface area contributed by atoms with Gasteiger partial charge in [-0.25, -0.2) is 0 Å². The predicted molar refractivity (Wildman–Crippen MR) is 55.2 cm³/mol. The fourth-order valence-electron chi connectivity index (χ4n) is 2.07. The van der Waals surface area contributed by atoms with Crippen molar-refractivity contribution in [2.45, 2.75) is 37.7 Å². The molecular formula is C10H18O2S. The molecule has 0 amide bonds. The van der Waals surface area contributed by atoms with Crippen LogP contribution in [0.25, 0.3) is 0 Å². The van der Waals surface area contributed by atoms with E-state index in [4.69, 9.17) is 9.47 Å². The minimum absolute atomic E-state index is 0.381. The molecule has 2 fully saturated rings. The van der Waals surface area contributed by atoms with Crippen molar-refractivity contribution in [3.63, 3.8) is 0 Å². The Balaban J connectivity index is 1.87. The van der Waals surface area contributed by atoms with Crippen molar-refractivity contribution < 1.29 is 9.47 Å². The Morgan fingerprint density at radius 3 is 2.77 bits per heavy atom. The van der Waals surface area contributed by atoms with E-state index in [1.54, 1.807) is 0 Å². The lowest BCUT2D eigenvalue weighted by atomic mass is 10.0. The Kier molecular flexibility index (Phi) is 3.17. The quantitative estimate of drug-likeness (QED) is 0.697. The summed E-state index contributed by atoms with van der Waals surface area (Å²) in [6.07, 6.45) is 2.01. The first-order valence-corrected chi connectivity index (χ1v) is 6.22.